The van der Waals surface area contributed by atoms with Crippen LogP contribution < -0.4 is 10.5 Å². The summed E-state index contributed by atoms with van der Waals surface area (Å²) in [4.78, 5) is 29.0. The molecule has 2 heterocycles. The smallest absolute Gasteiger partial charge is 0.271 e. The van der Waals surface area contributed by atoms with Gasteiger partial charge in [-0.25, -0.2) is 4.39 Å². The van der Waals surface area contributed by atoms with Crippen LogP contribution in [0.1, 0.15) is 27.9 Å². The number of nitrogens with zero attached hydrogens (tertiary/aromatic N) is 4. The van der Waals surface area contributed by atoms with E-state index >= 15 is 0 Å². The summed E-state index contributed by atoms with van der Waals surface area (Å²) in [6, 6.07) is 15.5. The predicted octanol–water partition coefficient (Wildman–Crippen LogP) is 3.34. The van der Waals surface area contributed by atoms with Crippen molar-refractivity contribution >= 4 is 11.7 Å². The first-order valence-corrected chi connectivity index (χ1v) is 10.4. The molecule has 1 amide bonds. The fraction of sp³-hybridized carbons (Fsp3) is 0.292. The van der Waals surface area contributed by atoms with Crippen LogP contribution >= 0.6 is 0 Å². The normalized spacial score (nSPS) is 14.4. The van der Waals surface area contributed by atoms with E-state index in [1.807, 2.05) is 31.2 Å². The zero-order chi connectivity index (χ0) is 22.0. The average Bonchev–Trinajstić information content (AvgIpc) is 3.03. The van der Waals surface area contributed by atoms with Gasteiger partial charge < -0.3 is 9.80 Å². The van der Waals surface area contributed by atoms with Crippen LogP contribution in [0.2, 0.25) is 0 Å². The molecular weight excluding hydrogens is 395 g/mol. The molecule has 6 nitrogen and oxygen atoms in total. The molecular formula is C24H25FN4O2. The van der Waals surface area contributed by atoms with Gasteiger partial charge in [0, 0.05) is 37.8 Å². The predicted molar refractivity (Wildman–Crippen MR) is 118 cm³/mol. The second-order valence-electron chi connectivity index (χ2n) is 7.87. The van der Waals surface area contributed by atoms with E-state index in [1.165, 1.54) is 16.8 Å². The minimum absolute atomic E-state index is 0.168. The molecule has 3 aromatic rings. The minimum Gasteiger partial charge on any atom is -0.353 e. The SMILES string of the molecule is Cc1ccc(-n2nc(N3CCCN(C(=O)c4ccc(C)c(F)c4)CC3)ccc2=O)cc1. The molecule has 1 fully saturated rings. The summed E-state index contributed by atoms with van der Waals surface area (Å²) in [6.45, 7) is 6.05. The Bertz CT molecular complexity index is 1160. The standard InChI is InChI=1S/C24H25FN4O2/c1-17-4-8-20(9-5-17)29-23(30)11-10-22(26-29)27-12-3-13-28(15-14-27)24(31)19-7-6-18(2)21(25)16-19/h4-11,16H,3,12-15H2,1-2H3. The number of hydrogen-bond donors (Lipinski definition) is 0. The molecule has 4 rings (SSSR count). The van der Waals surface area contributed by atoms with Crippen molar-refractivity contribution in [3.05, 3.63) is 87.5 Å². The Hall–Kier alpha value is -3.48. The Morgan fingerprint density at radius 3 is 2.45 bits per heavy atom. The van der Waals surface area contributed by atoms with Crippen molar-refractivity contribution in [2.45, 2.75) is 20.3 Å². The molecule has 1 aliphatic heterocycles. The maximum absolute atomic E-state index is 13.9. The summed E-state index contributed by atoms with van der Waals surface area (Å²) in [6.07, 6.45) is 0.755. The lowest BCUT2D eigenvalue weighted by Gasteiger charge is -2.23. The molecule has 1 saturated heterocycles. The third kappa shape index (κ3) is 4.50. The second kappa shape index (κ2) is 8.71. The van der Waals surface area contributed by atoms with E-state index in [9.17, 15) is 14.0 Å². The first-order valence-electron chi connectivity index (χ1n) is 10.4. The highest BCUT2D eigenvalue weighted by atomic mass is 19.1. The van der Waals surface area contributed by atoms with Crippen LogP contribution in [0.4, 0.5) is 10.2 Å². The van der Waals surface area contributed by atoms with Crippen molar-refractivity contribution in [3.63, 3.8) is 0 Å². The van der Waals surface area contributed by atoms with Gasteiger partial charge in [-0.3, -0.25) is 9.59 Å². The summed E-state index contributed by atoms with van der Waals surface area (Å²) in [7, 11) is 0. The number of halogens is 1. The van der Waals surface area contributed by atoms with Crippen molar-refractivity contribution < 1.29 is 9.18 Å². The van der Waals surface area contributed by atoms with E-state index < -0.39 is 0 Å². The van der Waals surface area contributed by atoms with Crippen molar-refractivity contribution in [2.75, 3.05) is 31.1 Å². The number of amides is 1. The van der Waals surface area contributed by atoms with Gasteiger partial charge in [-0.15, -0.1) is 5.10 Å². The zero-order valence-electron chi connectivity index (χ0n) is 17.7. The molecule has 31 heavy (non-hydrogen) atoms. The maximum atomic E-state index is 13.9. The second-order valence-corrected chi connectivity index (χ2v) is 7.87. The number of anilines is 1. The molecule has 0 atom stereocenters. The number of aryl methyl sites for hydroxylation is 2. The van der Waals surface area contributed by atoms with Crippen LogP contribution in [-0.4, -0.2) is 46.8 Å². The number of hydrogen-bond acceptors (Lipinski definition) is 4. The number of aromatic nitrogens is 2. The molecule has 2 aromatic carbocycles. The Morgan fingerprint density at radius 2 is 1.71 bits per heavy atom. The van der Waals surface area contributed by atoms with Gasteiger partial charge in [-0.05, 0) is 56.2 Å². The summed E-state index contributed by atoms with van der Waals surface area (Å²) in [5.41, 5.74) is 2.51. The lowest BCUT2D eigenvalue weighted by atomic mass is 10.1. The van der Waals surface area contributed by atoms with Crippen LogP contribution in [-0.2, 0) is 0 Å². The van der Waals surface area contributed by atoms with E-state index in [0.717, 1.165) is 12.0 Å². The van der Waals surface area contributed by atoms with Gasteiger partial charge in [-0.2, -0.15) is 4.68 Å². The van der Waals surface area contributed by atoms with Crippen molar-refractivity contribution in [3.8, 4) is 5.69 Å². The van der Waals surface area contributed by atoms with E-state index in [4.69, 9.17) is 0 Å². The van der Waals surface area contributed by atoms with Crippen molar-refractivity contribution in [2.24, 2.45) is 0 Å². The molecule has 0 spiro atoms. The Balaban J connectivity index is 1.51. The third-order valence-electron chi connectivity index (χ3n) is 5.59. The van der Waals surface area contributed by atoms with Gasteiger partial charge in [0.1, 0.15) is 11.6 Å². The summed E-state index contributed by atoms with van der Waals surface area (Å²) in [5.74, 6) is 0.152. The highest BCUT2D eigenvalue weighted by Crippen LogP contribution is 2.17. The summed E-state index contributed by atoms with van der Waals surface area (Å²) < 4.78 is 15.3. The van der Waals surface area contributed by atoms with E-state index in [0.29, 0.717) is 48.8 Å². The summed E-state index contributed by atoms with van der Waals surface area (Å²) >= 11 is 0. The van der Waals surface area contributed by atoms with Gasteiger partial charge in [0.05, 0.1) is 5.69 Å². The third-order valence-corrected chi connectivity index (χ3v) is 5.59. The van der Waals surface area contributed by atoms with Gasteiger partial charge in [0.25, 0.3) is 11.5 Å². The molecule has 7 heteroatoms. The highest BCUT2D eigenvalue weighted by Gasteiger charge is 2.22. The van der Waals surface area contributed by atoms with Gasteiger partial charge in [0.2, 0.25) is 0 Å². The topological polar surface area (TPSA) is 58.4 Å². The molecule has 0 saturated carbocycles. The number of benzene rings is 2. The molecule has 160 valence electrons. The highest BCUT2D eigenvalue weighted by molar-refractivity contribution is 5.94. The molecule has 0 unspecified atom stereocenters. The molecule has 0 N–H and O–H groups in total. The van der Waals surface area contributed by atoms with Crippen molar-refractivity contribution in [1.82, 2.24) is 14.7 Å². The lowest BCUT2D eigenvalue weighted by molar-refractivity contribution is 0.0766. The fourth-order valence-corrected chi connectivity index (χ4v) is 3.70. The molecule has 1 aliphatic rings. The quantitative estimate of drug-likeness (QED) is 0.652. The van der Waals surface area contributed by atoms with Crippen LogP contribution in [0.15, 0.2) is 59.4 Å². The largest absolute Gasteiger partial charge is 0.353 e. The summed E-state index contributed by atoms with van der Waals surface area (Å²) in [5, 5.41) is 4.56. The Morgan fingerprint density at radius 1 is 0.935 bits per heavy atom. The van der Waals surface area contributed by atoms with Crippen LogP contribution in [0.25, 0.3) is 5.69 Å². The number of carbonyl (C=O) groups excluding carboxylic acids is 1. The van der Waals surface area contributed by atoms with Crippen molar-refractivity contribution in [1.29, 1.82) is 0 Å². The van der Waals surface area contributed by atoms with E-state index in [-0.39, 0.29) is 17.3 Å². The molecule has 1 aromatic heterocycles. The number of carbonyl (C=O) groups is 1. The molecule has 0 bridgehead atoms. The van der Waals surface area contributed by atoms with Gasteiger partial charge >= 0.3 is 0 Å². The van der Waals surface area contributed by atoms with Crippen LogP contribution in [0, 0.1) is 19.7 Å². The minimum atomic E-state index is -0.370. The maximum Gasteiger partial charge on any atom is 0.271 e. The van der Waals surface area contributed by atoms with Gasteiger partial charge in [0.15, 0.2) is 0 Å². The Kier molecular flexibility index (Phi) is 5.84. The van der Waals surface area contributed by atoms with Gasteiger partial charge in [-0.1, -0.05) is 23.8 Å². The van der Waals surface area contributed by atoms with E-state index in [1.54, 1.807) is 30.0 Å². The number of rotatable bonds is 3. The Labute approximate surface area is 180 Å². The lowest BCUT2D eigenvalue weighted by Crippen LogP contribution is -2.36. The zero-order valence-corrected chi connectivity index (χ0v) is 17.7. The first kappa shape index (κ1) is 20.8. The monoisotopic (exact) mass is 420 g/mol. The average molecular weight is 420 g/mol. The van der Waals surface area contributed by atoms with Crippen LogP contribution in [0.3, 0.4) is 0 Å². The first-order chi connectivity index (χ1) is 14.9. The van der Waals surface area contributed by atoms with Crippen LogP contribution in [0.5, 0.6) is 0 Å². The molecule has 0 radical (unpaired) electrons. The molecule has 0 aliphatic carbocycles. The van der Waals surface area contributed by atoms with E-state index in [2.05, 4.69) is 10.00 Å². The fourth-order valence-electron chi connectivity index (χ4n) is 3.70.